The van der Waals surface area contributed by atoms with Crippen LogP contribution in [0.25, 0.3) is 0 Å². The van der Waals surface area contributed by atoms with E-state index in [1.807, 2.05) is 18.4 Å². The molecular formula is C18H23F2N5O2S. The van der Waals surface area contributed by atoms with Gasteiger partial charge < -0.3 is 15.6 Å². The number of halogens is 2. The number of aromatic nitrogens is 3. The fourth-order valence-corrected chi connectivity index (χ4v) is 3.31. The SMILES string of the molecule is CC(C)Cn1c(CCC(N)=O)nnc1S[C@@H](C)C(=O)Nc1c(F)cccc1F. The number of nitrogens with one attached hydrogen (secondary N) is 1. The third kappa shape index (κ3) is 5.75. The minimum atomic E-state index is -0.845. The van der Waals surface area contributed by atoms with Crippen LogP contribution in [-0.4, -0.2) is 31.8 Å². The summed E-state index contributed by atoms with van der Waals surface area (Å²) < 4.78 is 29.3. The molecule has 0 fully saturated rings. The number of thioether (sulfide) groups is 1. The van der Waals surface area contributed by atoms with E-state index >= 15 is 0 Å². The van der Waals surface area contributed by atoms with E-state index in [0.29, 0.717) is 23.9 Å². The van der Waals surface area contributed by atoms with Crippen molar-refractivity contribution in [3.05, 3.63) is 35.7 Å². The molecule has 2 aromatic rings. The second-order valence-corrected chi connectivity index (χ2v) is 8.02. The molecular weight excluding hydrogens is 388 g/mol. The highest BCUT2D eigenvalue weighted by Crippen LogP contribution is 2.26. The minimum absolute atomic E-state index is 0.142. The van der Waals surface area contributed by atoms with Gasteiger partial charge in [-0.15, -0.1) is 10.2 Å². The number of primary amides is 1. The number of nitrogens with zero attached hydrogens (tertiary/aromatic N) is 3. The van der Waals surface area contributed by atoms with E-state index in [0.717, 1.165) is 23.9 Å². The van der Waals surface area contributed by atoms with Crippen LogP contribution in [-0.2, 0) is 22.6 Å². The van der Waals surface area contributed by atoms with Crippen LogP contribution >= 0.6 is 11.8 Å². The maximum absolute atomic E-state index is 13.7. The second kappa shape index (κ2) is 9.63. The highest BCUT2D eigenvalue weighted by atomic mass is 32.2. The Kier molecular flexibility index (Phi) is 7.50. The largest absolute Gasteiger partial charge is 0.370 e. The molecule has 1 heterocycles. The smallest absolute Gasteiger partial charge is 0.237 e. The first-order valence-electron chi connectivity index (χ1n) is 8.81. The van der Waals surface area contributed by atoms with Gasteiger partial charge in [-0.25, -0.2) is 8.78 Å². The molecule has 0 aliphatic rings. The number of hydrogen-bond acceptors (Lipinski definition) is 5. The van der Waals surface area contributed by atoms with Crippen molar-refractivity contribution >= 4 is 29.3 Å². The molecule has 3 N–H and O–H groups in total. The van der Waals surface area contributed by atoms with E-state index in [1.54, 1.807) is 6.92 Å². The van der Waals surface area contributed by atoms with Crippen molar-refractivity contribution in [3.63, 3.8) is 0 Å². The Balaban J connectivity index is 2.14. The first-order chi connectivity index (χ1) is 13.2. The van der Waals surface area contributed by atoms with Crippen LogP contribution in [0.1, 0.15) is 33.0 Å². The first kappa shape index (κ1) is 21.8. The van der Waals surface area contributed by atoms with E-state index in [-0.39, 0.29) is 12.3 Å². The topological polar surface area (TPSA) is 103 Å². The van der Waals surface area contributed by atoms with Crippen molar-refractivity contribution in [1.29, 1.82) is 0 Å². The molecule has 2 amide bonds. The highest BCUT2D eigenvalue weighted by Gasteiger charge is 2.22. The van der Waals surface area contributed by atoms with Gasteiger partial charge >= 0.3 is 0 Å². The zero-order valence-corrected chi connectivity index (χ0v) is 16.7. The lowest BCUT2D eigenvalue weighted by Crippen LogP contribution is -2.24. The quantitative estimate of drug-likeness (QED) is 0.618. The summed E-state index contributed by atoms with van der Waals surface area (Å²) in [5.41, 5.74) is 4.72. The third-order valence-corrected chi connectivity index (χ3v) is 4.88. The molecule has 0 saturated carbocycles. The molecule has 0 unspecified atom stereocenters. The first-order valence-corrected chi connectivity index (χ1v) is 9.69. The Morgan fingerprint density at radius 2 is 1.86 bits per heavy atom. The molecule has 0 radical (unpaired) electrons. The van der Waals surface area contributed by atoms with Gasteiger partial charge in [-0.2, -0.15) is 0 Å². The van der Waals surface area contributed by atoms with Crippen molar-refractivity contribution in [2.24, 2.45) is 11.7 Å². The van der Waals surface area contributed by atoms with Crippen LogP contribution in [0.3, 0.4) is 0 Å². The molecule has 152 valence electrons. The summed E-state index contributed by atoms with van der Waals surface area (Å²) in [6.07, 6.45) is 0.486. The van der Waals surface area contributed by atoms with Crippen LogP contribution in [0.4, 0.5) is 14.5 Å². The molecule has 1 aromatic heterocycles. The van der Waals surface area contributed by atoms with Crippen molar-refractivity contribution < 1.29 is 18.4 Å². The number of aryl methyl sites for hydroxylation is 1. The van der Waals surface area contributed by atoms with E-state index in [2.05, 4.69) is 15.5 Å². The van der Waals surface area contributed by atoms with Gasteiger partial charge in [0.25, 0.3) is 0 Å². The Bertz CT molecular complexity index is 836. The Hall–Kier alpha value is -2.49. The zero-order chi connectivity index (χ0) is 20.8. The summed E-state index contributed by atoms with van der Waals surface area (Å²) in [5, 5.41) is 10.3. The zero-order valence-electron chi connectivity index (χ0n) is 15.9. The number of rotatable bonds is 9. The molecule has 0 aliphatic heterocycles. The van der Waals surface area contributed by atoms with Gasteiger partial charge in [0, 0.05) is 19.4 Å². The van der Waals surface area contributed by atoms with Crippen LogP contribution in [0.5, 0.6) is 0 Å². The van der Waals surface area contributed by atoms with Crippen LogP contribution in [0.15, 0.2) is 23.4 Å². The standard InChI is InChI=1S/C18H23F2N5O2S/c1-10(2)9-25-15(8-7-14(21)26)23-24-18(25)28-11(3)17(27)22-16-12(19)5-4-6-13(16)20/h4-6,10-11H,7-9H2,1-3H3,(H2,21,26)(H,22,27)/t11-/m0/s1. The molecule has 1 aromatic carbocycles. The number of carbonyl (C=O) groups excluding carboxylic acids is 2. The number of carbonyl (C=O) groups is 2. The second-order valence-electron chi connectivity index (χ2n) is 6.72. The lowest BCUT2D eigenvalue weighted by molar-refractivity contribution is -0.118. The van der Waals surface area contributed by atoms with Gasteiger partial charge in [0.1, 0.15) is 23.1 Å². The van der Waals surface area contributed by atoms with Crippen molar-refractivity contribution in [2.45, 2.75) is 50.6 Å². The third-order valence-electron chi connectivity index (χ3n) is 3.80. The maximum atomic E-state index is 13.7. The summed E-state index contributed by atoms with van der Waals surface area (Å²) in [7, 11) is 0. The normalized spacial score (nSPS) is 12.2. The van der Waals surface area contributed by atoms with E-state index in [4.69, 9.17) is 5.73 Å². The fraction of sp³-hybridized carbons (Fsp3) is 0.444. The van der Waals surface area contributed by atoms with Crippen molar-refractivity contribution in [3.8, 4) is 0 Å². The Labute approximate surface area is 166 Å². The van der Waals surface area contributed by atoms with Crippen LogP contribution in [0.2, 0.25) is 0 Å². The Morgan fingerprint density at radius 1 is 1.21 bits per heavy atom. The van der Waals surface area contributed by atoms with Gasteiger partial charge in [-0.05, 0) is 25.0 Å². The average molecular weight is 411 g/mol. The van der Waals surface area contributed by atoms with Gasteiger partial charge in [0.05, 0.1) is 5.25 Å². The van der Waals surface area contributed by atoms with Gasteiger partial charge in [-0.3, -0.25) is 9.59 Å². The number of nitrogens with two attached hydrogens (primary N) is 1. The highest BCUT2D eigenvalue weighted by molar-refractivity contribution is 8.00. The number of amides is 2. The fourth-order valence-electron chi connectivity index (χ4n) is 2.43. The van der Waals surface area contributed by atoms with Gasteiger partial charge in [0.15, 0.2) is 5.16 Å². The lowest BCUT2D eigenvalue weighted by Gasteiger charge is -2.15. The van der Waals surface area contributed by atoms with Crippen molar-refractivity contribution in [2.75, 3.05) is 5.32 Å². The van der Waals surface area contributed by atoms with Crippen LogP contribution < -0.4 is 11.1 Å². The van der Waals surface area contributed by atoms with Gasteiger partial charge in [0.2, 0.25) is 11.8 Å². The number of hydrogen-bond donors (Lipinski definition) is 2. The summed E-state index contributed by atoms with van der Waals surface area (Å²) in [6.45, 7) is 6.24. The molecule has 1 atom stereocenters. The summed E-state index contributed by atoms with van der Waals surface area (Å²) >= 11 is 1.12. The number of para-hydroxylation sites is 1. The molecule has 0 aliphatic carbocycles. The summed E-state index contributed by atoms with van der Waals surface area (Å²) in [4.78, 5) is 23.4. The summed E-state index contributed by atoms with van der Waals surface area (Å²) in [6, 6.07) is 3.36. The predicted octanol–water partition coefficient (Wildman–Crippen LogP) is 2.75. The molecule has 0 spiro atoms. The molecule has 0 bridgehead atoms. The molecule has 10 heteroatoms. The summed E-state index contributed by atoms with van der Waals surface area (Å²) in [5.74, 6) is -1.81. The molecule has 7 nitrogen and oxygen atoms in total. The predicted molar refractivity (Wildman–Crippen MR) is 103 cm³/mol. The maximum Gasteiger partial charge on any atom is 0.237 e. The lowest BCUT2D eigenvalue weighted by atomic mass is 10.2. The number of anilines is 1. The average Bonchev–Trinajstić information content (AvgIpc) is 2.97. The molecule has 2 rings (SSSR count). The Morgan fingerprint density at radius 3 is 2.43 bits per heavy atom. The molecule has 28 heavy (non-hydrogen) atoms. The monoisotopic (exact) mass is 411 g/mol. The van der Waals surface area contributed by atoms with Gasteiger partial charge in [-0.1, -0.05) is 31.7 Å². The number of benzene rings is 1. The van der Waals surface area contributed by atoms with Crippen molar-refractivity contribution in [1.82, 2.24) is 14.8 Å². The molecule has 0 saturated heterocycles. The van der Waals surface area contributed by atoms with E-state index < -0.39 is 34.4 Å². The van der Waals surface area contributed by atoms with E-state index in [1.165, 1.54) is 6.07 Å². The van der Waals surface area contributed by atoms with Crippen LogP contribution in [0, 0.1) is 17.6 Å². The minimum Gasteiger partial charge on any atom is -0.370 e. The van der Waals surface area contributed by atoms with E-state index in [9.17, 15) is 18.4 Å².